The first kappa shape index (κ1) is 13.1. The number of amides is 2. The van der Waals surface area contributed by atoms with Crippen molar-refractivity contribution in [3.8, 4) is 0 Å². The summed E-state index contributed by atoms with van der Waals surface area (Å²) in [5.41, 5.74) is 0.658. The van der Waals surface area contributed by atoms with Gasteiger partial charge in [0.1, 0.15) is 5.82 Å². The normalized spacial score (nSPS) is 15.6. The lowest BCUT2D eigenvalue weighted by molar-refractivity contribution is 0.220. The van der Waals surface area contributed by atoms with Crippen LogP contribution in [-0.2, 0) is 0 Å². The third kappa shape index (κ3) is 2.58. The number of anilines is 1. The molecule has 1 aliphatic heterocycles. The molecule has 0 saturated carbocycles. The van der Waals surface area contributed by atoms with Gasteiger partial charge < -0.3 is 4.90 Å². The van der Waals surface area contributed by atoms with Gasteiger partial charge in [-0.3, -0.25) is 4.90 Å². The SMILES string of the molecule is CCCCN1CCN(c2ccc(F)c(Cl)c2)C1=O. The number of benzene rings is 1. The highest BCUT2D eigenvalue weighted by molar-refractivity contribution is 6.31. The van der Waals surface area contributed by atoms with E-state index in [1.54, 1.807) is 11.0 Å². The Hall–Kier alpha value is -1.29. The summed E-state index contributed by atoms with van der Waals surface area (Å²) < 4.78 is 13.1. The molecule has 98 valence electrons. The van der Waals surface area contributed by atoms with Crippen molar-refractivity contribution >= 4 is 23.3 Å². The molecule has 2 amide bonds. The molecule has 0 aliphatic carbocycles. The molecule has 0 radical (unpaired) electrons. The lowest BCUT2D eigenvalue weighted by Crippen LogP contribution is -2.32. The van der Waals surface area contributed by atoms with Crippen LogP contribution in [0.1, 0.15) is 19.8 Å². The highest BCUT2D eigenvalue weighted by Crippen LogP contribution is 2.25. The molecule has 18 heavy (non-hydrogen) atoms. The molecule has 1 saturated heterocycles. The molecule has 1 aromatic rings. The monoisotopic (exact) mass is 270 g/mol. The molecule has 0 unspecified atom stereocenters. The Kier molecular flexibility index (Phi) is 4.07. The Balaban J connectivity index is 2.10. The van der Waals surface area contributed by atoms with Gasteiger partial charge in [-0.05, 0) is 24.6 Å². The molecule has 5 heteroatoms. The largest absolute Gasteiger partial charge is 0.324 e. The van der Waals surface area contributed by atoms with Crippen molar-refractivity contribution in [1.82, 2.24) is 4.90 Å². The molecule has 3 nitrogen and oxygen atoms in total. The minimum atomic E-state index is -0.463. The Morgan fingerprint density at radius 3 is 2.83 bits per heavy atom. The second-order valence-electron chi connectivity index (χ2n) is 4.37. The zero-order valence-corrected chi connectivity index (χ0v) is 11.1. The van der Waals surface area contributed by atoms with E-state index >= 15 is 0 Å². The molecule has 0 N–H and O–H groups in total. The standard InChI is InChI=1S/C13H16ClFN2O/c1-2-3-6-16-7-8-17(13(16)18)10-4-5-12(15)11(14)9-10/h4-5,9H,2-3,6-8H2,1H3. The van der Waals surface area contributed by atoms with Crippen LogP contribution in [0.3, 0.4) is 0 Å². The van der Waals surface area contributed by atoms with Crippen LogP contribution in [0, 0.1) is 5.82 Å². The molecule has 2 rings (SSSR count). The quantitative estimate of drug-likeness (QED) is 0.821. The van der Waals surface area contributed by atoms with E-state index in [-0.39, 0.29) is 11.1 Å². The first-order valence-electron chi connectivity index (χ1n) is 6.15. The van der Waals surface area contributed by atoms with Gasteiger partial charge in [-0.25, -0.2) is 9.18 Å². The average molecular weight is 271 g/mol. The fourth-order valence-electron chi connectivity index (χ4n) is 2.03. The van der Waals surface area contributed by atoms with Crippen molar-refractivity contribution in [1.29, 1.82) is 0 Å². The molecule has 1 heterocycles. The van der Waals surface area contributed by atoms with E-state index in [0.717, 1.165) is 19.4 Å². The fraction of sp³-hybridized carbons (Fsp3) is 0.462. The number of carbonyl (C=O) groups is 1. The number of hydrogen-bond donors (Lipinski definition) is 0. The molecule has 1 fully saturated rings. The summed E-state index contributed by atoms with van der Waals surface area (Å²) in [5, 5.41) is 0.0484. The predicted molar refractivity (Wildman–Crippen MR) is 70.6 cm³/mol. The van der Waals surface area contributed by atoms with Crippen molar-refractivity contribution in [3.05, 3.63) is 29.0 Å². The van der Waals surface area contributed by atoms with Crippen LogP contribution >= 0.6 is 11.6 Å². The van der Waals surface area contributed by atoms with Crippen LogP contribution in [0.2, 0.25) is 5.02 Å². The zero-order valence-electron chi connectivity index (χ0n) is 10.3. The lowest BCUT2D eigenvalue weighted by Gasteiger charge is -2.18. The molecule has 0 spiro atoms. The molecule has 0 aromatic heterocycles. The van der Waals surface area contributed by atoms with Crippen molar-refractivity contribution in [3.63, 3.8) is 0 Å². The van der Waals surface area contributed by atoms with Gasteiger partial charge in [-0.15, -0.1) is 0 Å². The number of unbranched alkanes of at least 4 members (excludes halogenated alkanes) is 1. The van der Waals surface area contributed by atoms with Gasteiger partial charge in [0.05, 0.1) is 5.02 Å². The summed E-state index contributed by atoms with van der Waals surface area (Å²) in [5.74, 6) is -0.463. The summed E-state index contributed by atoms with van der Waals surface area (Å²) in [6, 6.07) is 4.35. The second kappa shape index (κ2) is 5.57. The van der Waals surface area contributed by atoms with Gasteiger partial charge in [0.15, 0.2) is 0 Å². The Bertz CT molecular complexity index is 453. The first-order valence-corrected chi connectivity index (χ1v) is 6.52. The number of carbonyl (C=O) groups excluding carboxylic acids is 1. The summed E-state index contributed by atoms with van der Waals surface area (Å²) in [4.78, 5) is 15.6. The first-order chi connectivity index (χ1) is 8.63. The summed E-state index contributed by atoms with van der Waals surface area (Å²) >= 11 is 5.73. The third-order valence-electron chi connectivity index (χ3n) is 3.09. The summed E-state index contributed by atoms with van der Waals surface area (Å²) in [7, 11) is 0. The molecule has 0 atom stereocenters. The van der Waals surface area contributed by atoms with Crippen LogP contribution in [0.4, 0.5) is 14.9 Å². The maximum atomic E-state index is 13.1. The Morgan fingerprint density at radius 2 is 2.17 bits per heavy atom. The predicted octanol–water partition coefficient (Wildman–Crippen LogP) is 3.52. The molecule has 1 aromatic carbocycles. The molecular weight excluding hydrogens is 255 g/mol. The van der Waals surface area contributed by atoms with Crippen LogP contribution in [0.5, 0.6) is 0 Å². The van der Waals surface area contributed by atoms with E-state index in [4.69, 9.17) is 11.6 Å². The van der Waals surface area contributed by atoms with E-state index in [9.17, 15) is 9.18 Å². The number of nitrogens with zero attached hydrogens (tertiary/aromatic N) is 2. The molecule has 0 bridgehead atoms. The molecule has 1 aliphatic rings. The second-order valence-corrected chi connectivity index (χ2v) is 4.78. The number of hydrogen-bond acceptors (Lipinski definition) is 1. The van der Waals surface area contributed by atoms with Crippen LogP contribution in [0.25, 0.3) is 0 Å². The van der Waals surface area contributed by atoms with Crippen molar-refractivity contribution in [2.45, 2.75) is 19.8 Å². The van der Waals surface area contributed by atoms with E-state index in [2.05, 4.69) is 6.92 Å². The number of rotatable bonds is 4. The van der Waals surface area contributed by atoms with Gasteiger partial charge >= 0.3 is 6.03 Å². The van der Waals surface area contributed by atoms with Gasteiger partial charge in [0.25, 0.3) is 0 Å². The number of halogens is 2. The van der Waals surface area contributed by atoms with Crippen molar-refractivity contribution in [2.24, 2.45) is 0 Å². The average Bonchev–Trinajstić information content (AvgIpc) is 2.72. The van der Waals surface area contributed by atoms with Crippen LogP contribution < -0.4 is 4.90 Å². The van der Waals surface area contributed by atoms with E-state index in [1.165, 1.54) is 12.1 Å². The maximum Gasteiger partial charge on any atom is 0.324 e. The minimum Gasteiger partial charge on any atom is -0.323 e. The maximum absolute atomic E-state index is 13.1. The molecular formula is C13H16ClFN2O. The van der Waals surface area contributed by atoms with Gasteiger partial charge in [0, 0.05) is 25.3 Å². The smallest absolute Gasteiger partial charge is 0.323 e. The van der Waals surface area contributed by atoms with Gasteiger partial charge in [0.2, 0.25) is 0 Å². The third-order valence-corrected chi connectivity index (χ3v) is 3.38. The number of urea groups is 1. The van der Waals surface area contributed by atoms with E-state index < -0.39 is 5.82 Å². The van der Waals surface area contributed by atoms with Gasteiger partial charge in [-0.2, -0.15) is 0 Å². The summed E-state index contributed by atoms with van der Waals surface area (Å²) in [6.07, 6.45) is 2.07. The topological polar surface area (TPSA) is 23.6 Å². The summed E-state index contributed by atoms with van der Waals surface area (Å²) in [6.45, 7) is 4.22. The van der Waals surface area contributed by atoms with E-state index in [0.29, 0.717) is 18.8 Å². The van der Waals surface area contributed by atoms with Crippen molar-refractivity contribution in [2.75, 3.05) is 24.5 Å². The van der Waals surface area contributed by atoms with E-state index in [1.807, 2.05) is 4.90 Å². The van der Waals surface area contributed by atoms with Crippen molar-refractivity contribution < 1.29 is 9.18 Å². The van der Waals surface area contributed by atoms with Crippen LogP contribution in [0.15, 0.2) is 18.2 Å². The van der Waals surface area contributed by atoms with Crippen LogP contribution in [-0.4, -0.2) is 30.6 Å². The zero-order chi connectivity index (χ0) is 13.1. The fourth-order valence-corrected chi connectivity index (χ4v) is 2.21. The van der Waals surface area contributed by atoms with Gasteiger partial charge in [-0.1, -0.05) is 24.9 Å². The lowest BCUT2D eigenvalue weighted by atomic mass is 10.3. The minimum absolute atomic E-state index is 0.0221. The Labute approximate surface area is 111 Å². The Morgan fingerprint density at radius 1 is 1.39 bits per heavy atom. The highest BCUT2D eigenvalue weighted by Gasteiger charge is 2.29. The highest BCUT2D eigenvalue weighted by atomic mass is 35.5.